The maximum atomic E-state index is 8.83. The summed E-state index contributed by atoms with van der Waals surface area (Å²) < 4.78 is 5.08. The van der Waals surface area contributed by atoms with Crippen LogP contribution in [0.5, 0.6) is 5.75 Å². The molecule has 1 rings (SSSR count). The lowest BCUT2D eigenvalue weighted by molar-refractivity contribution is 0.281. The second-order valence-electron chi connectivity index (χ2n) is 2.44. The molecule has 0 spiro atoms. The van der Waals surface area contributed by atoms with Crippen LogP contribution in [0, 0.1) is 0 Å². The Morgan fingerprint density at radius 1 is 1.50 bits per heavy atom. The molecule has 3 heteroatoms. The van der Waals surface area contributed by atoms with Gasteiger partial charge in [0.15, 0.2) is 0 Å². The highest BCUT2D eigenvalue weighted by Gasteiger charge is 2.01. The average Bonchev–Trinajstić information content (AvgIpc) is 2.16. The van der Waals surface area contributed by atoms with Crippen LogP contribution in [0.4, 0.5) is 0 Å². The van der Waals surface area contributed by atoms with Crippen molar-refractivity contribution >= 4 is 11.6 Å². The number of methoxy groups -OCH3 is 1. The zero-order chi connectivity index (χ0) is 8.97. The predicted molar refractivity (Wildman–Crippen MR) is 48.5 cm³/mol. The zero-order valence-corrected chi connectivity index (χ0v) is 7.64. The Bertz CT molecular complexity index is 261. The Morgan fingerprint density at radius 2 is 2.25 bits per heavy atom. The SMILES string of the molecule is COc1cc(CO)ccc1CCl. The molecular weight excluding hydrogens is 176 g/mol. The van der Waals surface area contributed by atoms with Gasteiger partial charge in [0, 0.05) is 5.56 Å². The van der Waals surface area contributed by atoms with Gasteiger partial charge in [-0.25, -0.2) is 0 Å². The van der Waals surface area contributed by atoms with Crippen molar-refractivity contribution in [1.29, 1.82) is 0 Å². The Balaban J connectivity index is 3.02. The summed E-state index contributed by atoms with van der Waals surface area (Å²) in [5, 5.41) is 8.83. The van der Waals surface area contributed by atoms with Gasteiger partial charge in [-0.3, -0.25) is 0 Å². The Hall–Kier alpha value is -0.730. The summed E-state index contributed by atoms with van der Waals surface area (Å²) in [5.41, 5.74) is 1.78. The average molecular weight is 187 g/mol. The molecule has 0 unspecified atom stereocenters. The summed E-state index contributed by atoms with van der Waals surface area (Å²) in [6.07, 6.45) is 0. The molecule has 0 aromatic heterocycles. The molecule has 0 heterocycles. The first-order chi connectivity index (χ1) is 5.81. The molecule has 0 aliphatic heterocycles. The van der Waals surface area contributed by atoms with Gasteiger partial charge < -0.3 is 9.84 Å². The lowest BCUT2D eigenvalue weighted by Crippen LogP contribution is -1.91. The van der Waals surface area contributed by atoms with E-state index in [0.717, 1.165) is 16.9 Å². The fraction of sp³-hybridized carbons (Fsp3) is 0.333. The van der Waals surface area contributed by atoms with Crippen LogP contribution in [0.2, 0.25) is 0 Å². The summed E-state index contributed by atoms with van der Waals surface area (Å²) in [5.74, 6) is 1.16. The van der Waals surface area contributed by atoms with Gasteiger partial charge in [-0.15, -0.1) is 11.6 Å². The third-order valence-electron chi connectivity index (χ3n) is 1.68. The summed E-state index contributed by atoms with van der Waals surface area (Å²) >= 11 is 5.66. The van der Waals surface area contributed by atoms with E-state index in [-0.39, 0.29) is 6.61 Å². The highest BCUT2D eigenvalue weighted by atomic mass is 35.5. The highest BCUT2D eigenvalue weighted by Crippen LogP contribution is 2.21. The monoisotopic (exact) mass is 186 g/mol. The number of aliphatic hydroxyl groups is 1. The van der Waals surface area contributed by atoms with E-state index in [1.807, 2.05) is 12.1 Å². The van der Waals surface area contributed by atoms with Crippen molar-refractivity contribution in [3.8, 4) is 5.75 Å². The molecule has 0 saturated carbocycles. The van der Waals surface area contributed by atoms with E-state index < -0.39 is 0 Å². The molecule has 0 amide bonds. The first kappa shape index (κ1) is 9.36. The molecule has 0 atom stereocenters. The van der Waals surface area contributed by atoms with E-state index >= 15 is 0 Å². The number of alkyl halides is 1. The van der Waals surface area contributed by atoms with Gasteiger partial charge in [-0.05, 0) is 11.6 Å². The number of hydrogen-bond donors (Lipinski definition) is 1. The van der Waals surface area contributed by atoms with Crippen LogP contribution < -0.4 is 4.74 Å². The lowest BCUT2D eigenvalue weighted by atomic mass is 10.1. The van der Waals surface area contributed by atoms with Crippen LogP contribution in [0.1, 0.15) is 11.1 Å². The highest BCUT2D eigenvalue weighted by molar-refractivity contribution is 6.17. The van der Waals surface area contributed by atoms with E-state index in [1.54, 1.807) is 13.2 Å². The first-order valence-corrected chi connectivity index (χ1v) is 4.18. The lowest BCUT2D eigenvalue weighted by Gasteiger charge is -2.06. The molecule has 0 aliphatic carbocycles. The van der Waals surface area contributed by atoms with E-state index in [2.05, 4.69) is 0 Å². The molecule has 0 bridgehead atoms. The Morgan fingerprint density at radius 3 is 2.75 bits per heavy atom. The molecule has 12 heavy (non-hydrogen) atoms. The fourth-order valence-corrected chi connectivity index (χ4v) is 1.22. The molecular formula is C9H11ClO2. The summed E-state index contributed by atoms with van der Waals surface area (Å²) in [6, 6.07) is 5.48. The zero-order valence-electron chi connectivity index (χ0n) is 6.88. The largest absolute Gasteiger partial charge is 0.496 e. The third kappa shape index (κ3) is 1.90. The molecule has 0 fully saturated rings. The van der Waals surface area contributed by atoms with Gasteiger partial charge in [0.25, 0.3) is 0 Å². The predicted octanol–water partition coefficient (Wildman–Crippen LogP) is 1.93. The second-order valence-corrected chi connectivity index (χ2v) is 2.71. The van der Waals surface area contributed by atoms with Crippen LogP contribution in [0.25, 0.3) is 0 Å². The topological polar surface area (TPSA) is 29.5 Å². The van der Waals surface area contributed by atoms with Crippen LogP contribution in [-0.4, -0.2) is 12.2 Å². The van der Waals surface area contributed by atoms with Crippen LogP contribution >= 0.6 is 11.6 Å². The van der Waals surface area contributed by atoms with Crippen molar-refractivity contribution in [2.75, 3.05) is 7.11 Å². The van der Waals surface area contributed by atoms with Crippen LogP contribution in [0.3, 0.4) is 0 Å². The Labute approximate surface area is 76.7 Å². The quantitative estimate of drug-likeness (QED) is 0.731. The summed E-state index contributed by atoms with van der Waals surface area (Å²) in [7, 11) is 1.59. The molecule has 0 radical (unpaired) electrons. The van der Waals surface area contributed by atoms with E-state index in [4.69, 9.17) is 21.4 Å². The number of halogens is 1. The minimum Gasteiger partial charge on any atom is -0.496 e. The Kier molecular flexibility index (Phi) is 3.38. The number of ether oxygens (including phenoxy) is 1. The molecule has 66 valence electrons. The van der Waals surface area contributed by atoms with Gasteiger partial charge in [0.2, 0.25) is 0 Å². The van der Waals surface area contributed by atoms with Gasteiger partial charge in [0.1, 0.15) is 5.75 Å². The van der Waals surface area contributed by atoms with E-state index in [0.29, 0.717) is 5.88 Å². The number of benzene rings is 1. The maximum absolute atomic E-state index is 8.83. The van der Waals surface area contributed by atoms with Crippen molar-refractivity contribution in [3.63, 3.8) is 0 Å². The van der Waals surface area contributed by atoms with Crippen molar-refractivity contribution in [2.45, 2.75) is 12.5 Å². The van der Waals surface area contributed by atoms with Crippen molar-refractivity contribution in [1.82, 2.24) is 0 Å². The molecule has 1 aromatic rings. The first-order valence-electron chi connectivity index (χ1n) is 3.64. The van der Waals surface area contributed by atoms with E-state index in [9.17, 15) is 0 Å². The number of aliphatic hydroxyl groups excluding tert-OH is 1. The smallest absolute Gasteiger partial charge is 0.123 e. The van der Waals surface area contributed by atoms with Crippen molar-refractivity contribution in [3.05, 3.63) is 29.3 Å². The van der Waals surface area contributed by atoms with Gasteiger partial charge in [-0.1, -0.05) is 12.1 Å². The molecule has 1 N–H and O–H groups in total. The molecule has 0 aliphatic rings. The number of rotatable bonds is 3. The standard InChI is InChI=1S/C9H11ClO2/c1-12-9-4-7(6-11)2-3-8(9)5-10/h2-4,11H,5-6H2,1H3. The summed E-state index contributed by atoms with van der Waals surface area (Å²) in [6.45, 7) is 0.0267. The fourth-order valence-electron chi connectivity index (χ4n) is 0.998. The van der Waals surface area contributed by atoms with E-state index in [1.165, 1.54) is 0 Å². The third-order valence-corrected chi connectivity index (χ3v) is 1.97. The maximum Gasteiger partial charge on any atom is 0.123 e. The molecule has 2 nitrogen and oxygen atoms in total. The second kappa shape index (κ2) is 4.33. The molecule has 0 saturated heterocycles. The molecule has 1 aromatic carbocycles. The minimum atomic E-state index is 0.0267. The van der Waals surface area contributed by atoms with Crippen LogP contribution in [0.15, 0.2) is 18.2 Å². The van der Waals surface area contributed by atoms with Crippen molar-refractivity contribution in [2.24, 2.45) is 0 Å². The summed E-state index contributed by atoms with van der Waals surface area (Å²) in [4.78, 5) is 0. The van der Waals surface area contributed by atoms with Gasteiger partial charge in [-0.2, -0.15) is 0 Å². The van der Waals surface area contributed by atoms with Crippen LogP contribution in [-0.2, 0) is 12.5 Å². The number of hydrogen-bond acceptors (Lipinski definition) is 2. The van der Waals surface area contributed by atoms with Gasteiger partial charge in [0.05, 0.1) is 19.6 Å². The van der Waals surface area contributed by atoms with Crippen molar-refractivity contribution < 1.29 is 9.84 Å². The minimum absolute atomic E-state index is 0.0267. The van der Waals surface area contributed by atoms with Gasteiger partial charge >= 0.3 is 0 Å². The normalized spacial score (nSPS) is 9.92.